The number of nitrogens with zero attached hydrogens (tertiary/aromatic N) is 1. The Kier molecular flexibility index (Phi) is 20.5. The number of aliphatic imine (C=N–C) groups is 1. The fourth-order valence-corrected chi connectivity index (χ4v) is 4.53. The lowest BCUT2D eigenvalue weighted by Gasteiger charge is -2.39. The number of rotatable bonds is 8. The fourth-order valence-electron chi connectivity index (χ4n) is 4.53. The van der Waals surface area contributed by atoms with E-state index in [0.717, 1.165) is 0 Å². The van der Waals surface area contributed by atoms with Crippen LogP contribution in [0.15, 0.2) is 29.3 Å². The minimum atomic E-state index is -2.82. The van der Waals surface area contributed by atoms with Crippen LogP contribution < -0.4 is 32.0 Å². The summed E-state index contributed by atoms with van der Waals surface area (Å²) in [6.07, 6.45) is -1.39. The van der Waals surface area contributed by atoms with Gasteiger partial charge in [0.15, 0.2) is 23.7 Å². The van der Waals surface area contributed by atoms with Crippen molar-refractivity contribution < 1.29 is 61.8 Å². The van der Waals surface area contributed by atoms with Crippen LogP contribution in [0.25, 0.3) is 0 Å². The number of benzene rings is 1. The summed E-state index contributed by atoms with van der Waals surface area (Å²) in [5.74, 6) is -3.23. The minimum Gasteiger partial charge on any atom is -0.487 e. The number of guanidine groups is 1. The van der Waals surface area contributed by atoms with Gasteiger partial charge in [-0.1, -0.05) is 12.1 Å². The van der Waals surface area contributed by atoms with E-state index < -0.39 is 46.9 Å². The maximum absolute atomic E-state index is 14.5. The Balaban J connectivity index is 2.63. The fraction of sp³-hybridized carbons (Fsp3) is 0.722. The van der Waals surface area contributed by atoms with Gasteiger partial charge >= 0.3 is 17.5 Å². The molecule has 2 rings (SSSR count). The molecule has 0 fully saturated rings. The predicted molar refractivity (Wildman–Crippen MR) is 197 cm³/mol. The second kappa shape index (κ2) is 23.9. The van der Waals surface area contributed by atoms with Crippen molar-refractivity contribution in [2.24, 2.45) is 22.2 Å². The molecule has 1 heterocycles. The third-order valence-corrected chi connectivity index (χ3v) is 6.96. The van der Waals surface area contributed by atoms with Crippen molar-refractivity contribution in [2.45, 2.75) is 83.5 Å². The number of esters is 2. The van der Waals surface area contributed by atoms with Crippen LogP contribution in [0.2, 0.25) is 0 Å². The maximum atomic E-state index is 14.5. The molecule has 1 aromatic rings. The summed E-state index contributed by atoms with van der Waals surface area (Å²) in [6.45, 7) is 12.5. The first-order valence-electron chi connectivity index (χ1n) is 18.0. The van der Waals surface area contributed by atoms with Gasteiger partial charge < -0.3 is 69.9 Å². The van der Waals surface area contributed by atoms with E-state index in [4.69, 9.17) is 64.6 Å². The summed E-state index contributed by atoms with van der Waals surface area (Å²) in [5.41, 5.74) is 12.0. The molecule has 0 spiro atoms. The van der Waals surface area contributed by atoms with Crippen molar-refractivity contribution in [3.05, 3.63) is 24.3 Å². The molecular weight excluding hydrogens is 710 g/mol. The van der Waals surface area contributed by atoms with Gasteiger partial charge in [-0.3, -0.25) is 9.79 Å². The SMILES string of the molecule is CC(C)(C)OC(=O)C1(C(=O)OC(C)(C)C)Oc2ccccc2OCCOCCOCCOCCOCCOCCOC1NC(=O)[C@@H](N)CCCN=C(N)N. The molecule has 1 aliphatic heterocycles. The van der Waals surface area contributed by atoms with Crippen LogP contribution in [0.1, 0.15) is 54.4 Å². The van der Waals surface area contributed by atoms with E-state index in [1.54, 1.807) is 59.7 Å². The molecule has 0 aliphatic carbocycles. The van der Waals surface area contributed by atoms with E-state index in [1.807, 2.05) is 0 Å². The number of carbonyl (C=O) groups excluding carboxylic acids is 3. The zero-order valence-corrected chi connectivity index (χ0v) is 32.6. The molecule has 0 saturated heterocycles. The van der Waals surface area contributed by atoms with Gasteiger partial charge in [0.1, 0.15) is 17.8 Å². The van der Waals surface area contributed by atoms with E-state index in [1.165, 1.54) is 6.07 Å². The second-order valence-corrected chi connectivity index (χ2v) is 14.0. The van der Waals surface area contributed by atoms with Crippen LogP contribution in [0.3, 0.4) is 0 Å². The molecule has 1 aromatic carbocycles. The number of nitrogens with two attached hydrogens (primary N) is 3. The monoisotopic (exact) mass is 771 g/mol. The largest absolute Gasteiger partial charge is 0.487 e. The highest BCUT2D eigenvalue weighted by Crippen LogP contribution is 2.35. The molecule has 1 amide bonds. The average Bonchev–Trinajstić information content (AvgIpc) is 3.07. The smallest absolute Gasteiger partial charge is 0.368 e. The van der Waals surface area contributed by atoms with Crippen molar-refractivity contribution in [3.8, 4) is 11.5 Å². The predicted octanol–water partition coefficient (Wildman–Crippen LogP) is 0.803. The summed E-state index contributed by atoms with van der Waals surface area (Å²) in [6, 6.07) is 5.21. The summed E-state index contributed by atoms with van der Waals surface area (Å²) >= 11 is 0. The van der Waals surface area contributed by atoms with Crippen LogP contribution in [0.4, 0.5) is 0 Å². The Bertz CT molecular complexity index is 1270. The zero-order chi connectivity index (χ0) is 40.0. The van der Waals surface area contributed by atoms with Crippen molar-refractivity contribution in [1.29, 1.82) is 0 Å². The zero-order valence-electron chi connectivity index (χ0n) is 32.6. The van der Waals surface area contributed by atoms with Gasteiger partial charge in [0, 0.05) is 6.54 Å². The van der Waals surface area contributed by atoms with E-state index in [0.29, 0.717) is 46.1 Å². The van der Waals surface area contributed by atoms with Crippen LogP contribution in [0.5, 0.6) is 11.5 Å². The Morgan fingerprint density at radius 1 is 0.759 bits per heavy atom. The maximum Gasteiger partial charge on any atom is 0.368 e. The Morgan fingerprint density at radius 3 is 1.67 bits per heavy atom. The van der Waals surface area contributed by atoms with Gasteiger partial charge in [-0.15, -0.1) is 0 Å². The molecule has 0 bridgehead atoms. The molecule has 0 radical (unpaired) electrons. The van der Waals surface area contributed by atoms with Crippen molar-refractivity contribution in [3.63, 3.8) is 0 Å². The molecule has 2 atom stereocenters. The standard InChI is InChI=1S/C36H61N5O13/c1-34(2,3)53-31(43)36(32(44)54-35(4,5)6)30(41-29(42)26(37)10-9-13-40-33(38)39)51-25-23-49-21-19-47-17-15-45-14-16-46-18-20-48-22-24-50-27-11-7-8-12-28(27)52-36/h7-8,11-12,26,30H,9-10,13-25,37H2,1-6H3,(H,41,42)(H4,38,39,40)/t26-,30?/m0/s1. The van der Waals surface area contributed by atoms with E-state index in [9.17, 15) is 14.4 Å². The lowest BCUT2D eigenvalue weighted by Crippen LogP contribution is -2.69. The first kappa shape index (κ1) is 46.4. The van der Waals surface area contributed by atoms with Crippen molar-refractivity contribution in [1.82, 2.24) is 5.32 Å². The van der Waals surface area contributed by atoms with Crippen molar-refractivity contribution >= 4 is 23.8 Å². The highest BCUT2D eigenvalue weighted by molar-refractivity contribution is 6.06. The van der Waals surface area contributed by atoms with Crippen LogP contribution in [-0.2, 0) is 52.3 Å². The number of nitrogens with one attached hydrogen (secondary N) is 1. The third-order valence-electron chi connectivity index (χ3n) is 6.96. The number of fused-ring (bicyclic) bond motifs is 1. The van der Waals surface area contributed by atoms with Gasteiger partial charge in [0.2, 0.25) is 5.91 Å². The highest BCUT2D eigenvalue weighted by Gasteiger charge is 2.62. The second-order valence-electron chi connectivity index (χ2n) is 14.0. The first-order chi connectivity index (χ1) is 25.5. The number of hydrogen-bond acceptors (Lipinski definition) is 15. The molecule has 1 unspecified atom stereocenters. The molecule has 7 N–H and O–H groups in total. The normalized spacial score (nSPS) is 19.6. The van der Waals surface area contributed by atoms with E-state index >= 15 is 0 Å². The van der Waals surface area contributed by atoms with Crippen LogP contribution in [0, 0.1) is 0 Å². The number of hydrogen-bond donors (Lipinski definition) is 4. The molecule has 54 heavy (non-hydrogen) atoms. The van der Waals surface area contributed by atoms with Gasteiger partial charge in [-0.25, -0.2) is 9.59 Å². The van der Waals surface area contributed by atoms with E-state index in [-0.39, 0.29) is 70.1 Å². The quantitative estimate of drug-likeness (QED) is 0.0939. The summed E-state index contributed by atoms with van der Waals surface area (Å²) in [7, 11) is 0. The number of amides is 1. The van der Waals surface area contributed by atoms with Crippen LogP contribution in [-0.4, -0.2) is 139 Å². The van der Waals surface area contributed by atoms with Crippen LogP contribution >= 0.6 is 0 Å². The van der Waals surface area contributed by atoms with Gasteiger partial charge in [0.05, 0.1) is 78.7 Å². The van der Waals surface area contributed by atoms with Gasteiger partial charge in [0.25, 0.3) is 0 Å². The van der Waals surface area contributed by atoms with E-state index in [2.05, 4.69) is 10.3 Å². The molecule has 0 aromatic heterocycles. The third kappa shape index (κ3) is 18.0. The van der Waals surface area contributed by atoms with Crippen molar-refractivity contribution in [2.75, 3.05) is 85.8 Å². The molecular formula is C36H61N5O13. The molecule has 1 aliphatic rings. The number of carbonyl (C=O) groups is 3. The topological polar surface area (TPSA) is 246 Å². The Morgan fingerprint density at radius 2 is 1.20 bits per heavy atom. The van der Waals surface area contributed by atoms with Gasteiger partial charge in [-0.05, 0) is 66.5 Å². The average molecular weight is 772 g/mol. The highest BCUT2D eigenvalue weighted by atomic mass is 16.7. The molecule has 308 valence electrons. The summed E-state index contributed by atoms with van der Waals surface area (Å²) in [5, 5.41) is 2.62. The Hall–Kier alpha value is -3.78. The minimum absolute atomic E-state index is 0.0352. The summed E-state index contributed by atoms with van der Waals surface area (Å²) in [4.78, 5) is 46.7. The molecule has 18 nitrogen and oxygen atoms in total. The Labute approximate surface area is 317 Å². The van der Waals surface area contributed by atoms with Gasteiger partial charge in [-0.2, -0.15) is 0 Å². The number of ether oxygens (including phenoxy) is 10. The molecule has 0 saturated carbocycles. The number of para-hydroxylation sites is 2. The lowest BCUT2D eigenvalue weighted by molar-refractivity contribution is -0.211. The molecule has 18 heteroatoms. The summed E-state index contributed by atoms with van der Waals surface area (Å²) < 4.78 is 58.1. The first-order valence-corrected chi connectivity index (χ1v) is 18.0. The lowest BCUT2D eigenvalue weighted by atomic mass is 9.98.